The van der Waals surface area contributed by atoms with Gasteiger partial charge in [-0.05, 0) is 106 Å². The van der Waals surface area contributed by atoms with Crippen molar-refractivity contribution in [2.45, 2.75) is 66.2 Å². The van der Waals surface area contributed by atoms with Crippen LogP contribution in [0.2, 0.25) is 0 Å². The Morgan fingerprint density at radius 3 is 2.37 bits per heavy atom. The first-order valence-electron chi connectivity index (χ1n) is 11.6. The number of fused-ring (bicyclic) bond motifs is 3. The summed E-state index contributed by atoms with van der Waals surface area (Å²) in [7, 11) is 1.97. The molecule has 1 unspecified atom stereocenters. The Morgan fingerprint density at radius 1 is 1.00 bits per heavy atom. The van der Waals surface area contributed by atoms with Gasteiger partial charge in [0.05, 0.1) is 0 Å². The van der Waals surface area contributed by atoms with Gasteiger partial charge in [0.25, 0.3) is 0 Å². The molecule has 0 saturated heterocycles. The third-order valence-electron chi connectivity index (χ3n) is 7.49. The van der Waals surface area contributed by atoms with Crippen LogP contribution in [0.25, 0.3) is 34.7 Å². The molecule has 3 aromatic rings. The maximum Gasteiger partial charge on any atom is 0.0276 e. The van der Waals surface area contributed by atoms with Gasteiger partial charge >= 0.3 is 0 Å². The first kappa shape index (κ1) is 20.8. The zero-order chi connectivity index (χ0) is 21.6. The van der Waals surface area contributed by atoms with E-state index in [1.165, 1.54) is 67.2 Å². The molecule has 0 fully saturated rings. The van der Waals surface area contributed by atoms with Crippen molar-refractivity contribution in [3.63, 3.8) is 0 Å². The lowest BCUT2D eigenvalue weighted by atomic mass is 9.75. The van der Waals surface area contributed by atoms with Crippen molar-refractivity contribution < 1.29 is 0 Å². The van der Waals surface area contributed by atoms with Crippen LogP contribution in [0.15, 0.2) is 23.2 Å². The minimum atomic E-state index is 0.581. The highest BCUT2D eigenvalue weighted by molar-refractivity contribution is 6.04. The average molecular weight is 398 g/mol. The summed E-state index contributed by atoms with van der Waals surface area (Å²) in [6.45, 7) is 18.3. The standard InChI is InChI=1S/C29H35N/c1-8-11-26(30-7)22-14-15-23-17(3)28-20(6)29-21(9-2)12-10-13-24(29)18(4)27(28)19(5)25(23)16-22/h10,12-13,22H,4,6,8-9,11,14-16H2,1-3,5,7H3/b30-26+. The lowest BCUT2D eigenvalue weighted by Crippen LogP contribution is -2.26. The second-order valence-corrected chi connectivity index (χ2v) is 9.01. The summed E-state index contributed by atoms with van der Waals surface area (Å²) in [4.78, 5) is 4.67. The van der Waals surface area contributed by atoms with Gasteiger partial charge in [0.15, 0.2) is 0 Å². The van der Waals surface area contributed by atoms with E-state index in [0.717, 1.165) is 25.7 Å². The number of hydrogen-bond acceptors (Lipinski definition) is 1. The highest BCUT2D eigenvalue weighted by atomic mass is 14.7. The molecule has 30 heavy (non-hydrogen) atoms. The molecule has 0 aliphatic heterocycles. The molecular weight excluding hydrogens is 362 g/mol. The molecule has 0 heterocycles. The van der Waals surface area contributed by atoms with Crippen LogP contribution in [-0.4, -0.2) is 12.8 Å². The van der Waals surface area contributed by atoms with Gasteiger partial charge < -0.3 is 0 Å². The predicted molar refractivity (Wildman–Crippen MR) is 134 cm³/mol. The van der Waals surface area contributed by atoms with E-state index in [9.17, 15) is 0 Å². The fourth-order valence-corrected chi connectivity index (χ4v) is 5.97. The molecule has 1 aliphatic rings. The van der Waals surface area contributed by atoms with E-state index >= 15 is 0 Å². The third-order valence-corrected chi connectivity index (χ3v) is 7.49. The Morgan fingerprint density at radius 2 is 1.70 bits per heavy atom. The number of rotatable bonds is 4. The Labute approximate surface area is 181 Å². The highest BCUT2D eigenvalue weighted by Gasteiger charge is 2.27. The molecule has 1 nitrogen and oxygen atoms in total. The van der Waals surface area contributed by atoms with E-state index < -0.39 is 0 Å². The molecule has 0 radical (unpaired) electrons. The zero-order valence-electron chi connectivity index (χ0n) is 19.4. The van der Waals surface area contributed by atoms with E-state index in [1.54, 1.807) is 11.1 Å². The Hall–Kier alpha value is -2.41. The lowest BCUT2D eigenvalue weighted by molar-refractivity contribution is 0.569. The average Bonchev–Trinajstić information content (AvgIpc) is 2.77. The van der Waals surface area contributed by atoms with Gasteiger partial charge in [0.1, 0.15) is 0 Å². The van der Waals surface area contributed by atoms with Crippen LogP contribution in [0.3, 0.4) is 0 Å². The maximum absolute atomic E-state index is 4.67. The van der Waals surface area contributed by atoms with Crippen LogP contribution in [0.5, 0.6) is 0 Å². The normalized spacial score (nSPS) is 17.0. The minimum absolute atomic E-state index is 0.581. The second-order valence-electron chi connectivity index (χ2n) is 9.01. The van der Waals surface area contributed by atoms with Gasteiger partial charge in [-0.2, -0.15) is 0 Å². The first-order chi connectivity index (χ1) is 14.4. The van der Waals surface area contributed by atoms with Crippen molar-refractivity contribution >= 4 is 40.4 Å². The van der Waals surface area contributed by atoms with E-state index in [-0.39, 0.29) is 0 Å². The summed E-state index contributed by atoms with van der Waals surface area (Å²) in [6, 6.07) is 6.64. The van der Waals surface area contributed by atoms with E-state index in [2.05, 4.69) is 64.0 Å². The lowest BCUT2D eigenvalue weighted by Gasteiger charge is -2.30. The van der Waals surface area contributed by atoms with Gasteiger partial charge in [-0.15, -0.1) is 0 Å². The van der Waals surface area contributed by atoms with Gasteiger partial charge in [-0.1, -0.05) is 51.6 Å². The summed E-state index contributed by atoms with van der Waals surface area (Å²) in [5.41, 5.74) is 8.73. The Kier molecular flexibility index (Phi) is 5.57. The van der Waals surface area contributed by atoms with E-state index in [0.29, 0.717) is 5.92 Å². The molecule has 1 heteroatoms. The highest BCUT2D eigenvalue weighted by Crippen LogP contribution is 2.36. The van der Waals surface area contributed by atoms with Gasteiger partial charge in [0, 0.05) is 18.7 Å². The van der Waals surface area contributed by atoms with Gasteiger partial charge in [0.2, 0.25) is 0 Å². The van der Waals surface area contributed by atoms with Crippen LogP contribution in [0, 0.1) is 19.8 Å². The molecule has 3 aromatic carbocycles. The molecule has 0 bridgehead atoms. The molecule has 156 valence electrons. The molecule has 4 rings (SSSR count). The van der Waals surface area contributed by atoms with Crippen molar-refractivity contribution in [3.8, 4) is 0 Å². The summed E-state index contributed by atoms with van der Waals surface area (Å²) < 4.78 is 0. The fraction of sp³-hybridized carbons (Fsp3) is 0.414. The summed E-state index contributed by atoms with van der Waals surface area (Å²) in [5.74, 6) is 0.581. The molecule has 0 aromatic heterocycles. The minimum Gasteiger partial charge on any atom is -0.297 e. The SMILES string of the molecule is C=c1c2cccc(CC)c2c(=C)c2c(C)c3c(c(C)c12)CC(/C(CCC)=N/C)CC3. The Bertz CT molecular complexity index is 1280. The molecule has 1 atom stereocenters. The van der Waals surface area contributed by atoms with E-state index in [1.807, 2.05) is 7.05 Å². The molecular formula is C29H35N. The smallest absolute Gasteiger partial charge is 0.0276 e. The maximum atomic E-state index is 4.67. The predicted octanol–water partition coefficient (Wildman–Crippen LogP) is 5.97. The van der Waals surface area contributed by atoms with Crippen LogP contribution >= 0.6 is 0 Å². The molecule has 0 saturated carbocycles. The topological polar surface area (TPSA) is 12.4 Å². The van der Waals surface area contributed by atoms with Crippen LogP contribution in [0.4, 0.5) is 0 Å². The third kappa shape index (κ3) is 3.02. The fourth-order valence-electron chi connectivity index (χ4n) is 5.97. The number of aryl methyl sites for hydroxylation is 3. The van der Waals surface area contributed by atoms with Crippen LogP contribution in [-0.2, 0) is 19.3 Å². The molecule has 0 spiro atoms. The number of benzene rings is 3. The van der Waals surface area contributed by atoms with Crippen molar-refractivity contribution in [2.24, 2.45) is 10.9 Å². The molecule has 0 amide bonds. The largest absolute Gasteiger partial charge is 0.297 e. The summed E-state index contributed by atoms with van der Waals surface area (Å²) >= 11 is 0. The summed E-state index contributed by atoms with van der Waals surface area (Å²) in [5, 5.41) is 7.63. The summed E-state index contributed by atoms with van der Waals surface area (Å²) in [6.07, 6.45) is 6.78. The quantitative estimate of drug-likeness (QED) is 0.380. The second kappa shape index (κ2) is 8.02. The van der Waals surface area contributed by atoms with E-state index in [4.69, 9.17) is 0 Å². The van der Waals surface area contributed by atoms with Crippen molar-refractivity contribution in [2.75, 3.05) is 7.05 Å². The Balaban J connectivity index is 2.05. The first-order valence-corrected chi connectivity index (χ1v) is 11.6. The molecule has 0 N–H and O–H groups in total. The van der Waals surface area contributed by atoms with Crippen LogP contribution < -0.4 is 10.4 Å². The monoisotopic (exact) mass is 397 g/mol. The number of nitrogens with zero attached hydrogens (tertiary/aromatic N) is 1. The van der Waals surface area contributed by atoms with Crippen LogP contribution in [0.1, 0.15) is 60.9 Å². The van der Waals surface area contributed by atoms with Crippen molar-refractivity contribution in [1.29, 1.82) is 0 Å². The van der Waals surface area contributed by atoms with Crippen molar-refractivity contribution in [1.82, 2.24) is 0 Å². The number of hydrogen-bond donors (Lipinski definition) is 0. The zero-order valence-corrected chi connectivity index (χ0v) is 19.4. The van der Waals surface area contributed by atoms with Gasteiger partial charge in [-0.3, -0.25) is 4.99 Å². The molecule has 1 aliphatic carbocycles. The number of aliphatic imine (C=N–C) groups is 1. The van der Waals surface area contributed by atoms with Gasteiger partial charge in [-0.25, -0.2) is 0 Å². The van der Waals surface area contributed by atoms with Crippen molar-refractivity contribution in [3.05, 3.63) is 56.5 Å².